The van der Waals surface area contributed by atoms with Crippen molar-refractivity contribution in [1.82, 2.24) is 4.57 Å². The van der Waals surface area contributed by atoms with E-state index >= 15 is 0 Å². The summed E-state index contributed by atoms with van der Waals surface area (Å²) in [6.45, 7) is 2.08. The van der Waals surface area contributed by atoms with Gasteiger partial charge in [0.15, 0.2) is 0 Å². The lowest BCUT2D eigenvalue weighted by molar-refractivity contribution is 0.940. The lowest BCUT2D eigenvalue weighted by atomic mass is 9.91. The fraction of sp³-hybridized carbons (Fsp3) is 0.158. The number of aryl methyl sites for hydroxylation is 1. The Kier molecular flexibility index (Phi) is 3.42. The second-order valence-electron chi connectivity index (χ2n) is 5.13. The lowest BCUT2D eigenvalue weighted by Gasteiger charge is -2.12. The van der Waals surface area contributed by atoms with Crippen LogP contribution >= 0.6 is 0 Å². The number of nitrogens with zero attached hydrogens (tertiary/aromatic N) is 1. The molecule has 3 aromatic rings. The van der Waals surface area contributed by atoms with Crippen LogP contribution in [0.15, 0.2) is 72.9 Å². The van der Waals surface area contributed by atoms with Crippen LogP contribution in [-0.2, 0) is 7.05 Å². The Bertz CT molecular complexity index is 735. The summed E-state index contributed by atoms with van der Waals surface area (Å²) in [5.41, 5.74) is 3.99. The third-order valence-corrected chi connectivity index (χ3v) is 3.81. The van der Waals surface area contributed by atoms with Gasteiger partial charge in [-0.25, -0.2) is 0 Å². The summed E-state index contributed by atoms with van der Waals surface area (Å²) >= 11 is 0. The van der Waals surface area contributed by atoms with Crippen LogP contribution < -0.4 is 0 Å². The SMILES string of the molecule is C/C=C/C(c1ccccc1)c1cn(C)c2ccccc12. The van der Waals surface area contributed by atoms with Gasteiger partial charge in [0.1, 0.15) is 0 Å². The number of rotatable bonds is 3. The maximum Gasteiger partial charge on any atom is 0.0480 e. The number of para-hydroxylation sites is 1. The summed E-state index contributed by atoms with van der Waals surface area (Å²) < 4.78 is 2.21. The standard InChI is InChI=1S/C19H19N/c1-3-9-16(15-10-5-4-6-11-15)18-14-20(2)19-13-8-7-12-17(18)19/h3-14,16H,1-2H3/b9-3+. The zero-order chi connectivity index (χ0) is 13.9. The molecule has 0 bridgehead atoms. The number of hydrogen-bond acceptors (Lipinski definition) is 0. The molecule has 0 N–H and O–H groups in total. The molecule has 0 saturated carbocycles. The second-order valence-corrected chi connectivity index (χ2v) is 5.13. The van der Waals surface area contributed by atoms with E-state index in [1.807, 2.05) is 0 Å². The first-order chi connectivity index (χ1) is 9.81. The maximum absolute atomic E-state index is 2.27. The molecular weight excluding hydrogens is 242 g/mol. The monoisotopic (exact) mass is 261 g/mol. The largest absolute Gasteiger partial charge is 0.350 e. The smallest absolute Gasteiger partial charge is 0.0480 e. The summed E-state index contributed by atoms with van der Waals surface area (Å²) in [5.74, 6) is 0.312. The van der Waals surface area contributed by atoms with Gasteiger partial charge in [0.2, 0.25) is 0 Å². The van der Waals surface area contributed by atoms with E-state index in [4.69, 9.17) is 0 Å². The van der Waals surface area contributed by atoms with Gasteiger partial charge >= 0.3 is 0 Å². The van der Waals surface area contributed by atoms with Gasteiger partial charge in [0.25, 0.3) is 0 Å². The third-order valence-electron chi connectivity index (χ3n) is 3.81. The summed E-state index contributed by atoms with van der Waals surface area (Å²) in [6.07, 6.45) is 6.67. The Morgan fingerprint density at radius 1 is 0.950 bits per heavy atom. The van der Waals surface area contributed by atoms with Crippen molar-refractivity contribution >= 4 is 10.9 Å². The molecule has 0 aliphatic heterocycles. The molecule has 0 saturated heterocycles. The minimum absolute atomic E-state index is 0.312. The average Bonchev–Trinajstić information content (AvgIpc) is 2.83. The maximum atomic E-state index is 2.27. The van der Waals surface area contributed by atoms with E-state index in [1.54, 1.807) is 0 Å². The third kappa shape index (κ3) is 2.16. The van der Waals surface area contributed by atoms with Crippen LogP contribution in [0.2, 0.25) is 0 Å². The van der Waals surface area contributed by atoms with E-state index in [2.05, 4.69) is 91.5 Å². The van der Waals surface area contributed by atoms with Crippen molar-refractivity contribution in [2.24, 2.45) is 7.05 Å². The van der Waals surface area contributed by atoms with Gasteiger partial charge in [0.05, 0.1) is 0 Å². The predicted octanol–water partition coefficient (Wildman–Crippen LogP) is 4.89. The van der Waals surface area contributed by atoms with Crippen molar-refractivity contribution in [3.8, 4) is 0 Å². The van der Waals surface area contributed by atoms with Crippen LogP contribution in [0.25, 0.3) is 10.9 Å². The molecule has 1 heterocycles. The van der Waals surface area contributed by atoms with Crippen molar-refractivity contribution < 1.29 is 0 Å². The fourth-order valence-electron chi connectivity index (χ4n) is 2.87. The molecule has 3 rings (SSSR count). The molecule has 1 atom stereocenters. The van der Waals surface area contributed by atoms with Crippen LogP contribution in [0, 0.1) is 0 Å². The van der Waals surface area contributed by atoms with Crippen LogP contribution in [-0.4, -0.2) is 4.57 Å². The first kappa shape index (κ1) is 12.7. The minimum Gasteiger partial charge on any atom is -0.350 e. The quantitative estimate of drug-likeness (QED) is 0.592. The van der Waals surface area contributed by atoms with Crippen LogP contribution in [0.3, 0.4) is 0 Å². The molecule has 0 fully saturated rings. The first-order valence-corrected chi connectivity index (χ1v) is 7.03. The molecule has 1 aromatic heterocycles. The number of fused-ring (bicyclic) bond motifs is 1. The van der Waals surface area contributed by atoms with Crippen molar-refractivity contribution in [2.75, 3.05) is 0 Å². The molecule has 1 heteroatoms. The molecule has 100 valence electrons. The topological polar surface area (TPSA) is 4.93 Å². The van der Waals surface area contributed by atoms with Gasteiger partial charge < -0.3 is 4.57 Å². The zero-order valence-electron chi connectivity index (χ0n) is 12.0. The summed E-state index contributed by atoms with van der Waals surface area (Å²) in [6, 6.07) is 19.3. The molecule has 1 unspecified atom stereocenters. The highest BCUT2D eigenvalue weighted by atomic mass is 14.9. The number of benzene rings is 2. The molecule has 0 aliphatic rings. The van der Waals surface area contributed by atoms with Gasteiger partial charge in [-0.3, -0.25) is 0 Å². The van der Waals surface area contributed by atoms with E-state index < -0.39 is 0 Å². The Morgan fingerprint density at radius 2 is 1.65 bits per heavy atom. The van der Waals surface area contributed by atoms with Gasteiger partial charge in [-0.2, -0.15) is 0 Å². The summed E-state index contributed by atoms with van der Waals surface area (Å²) in [5, 5.41) is 1.34. The molecular formula is C19H19N. The lowest BCUT2D eigenvalue weighted by Crippen LogP contribution is -1.96. The summed E-state index contributed by atoms with van der Waals surface area (Å²) in [4.78, 5) is 0. The normalized spacial score (nSPS) is 13.1. The van der Waals surface area contributed by atoms with Gasteiger partial charge in [-0.1, -0.05) is 60.7 Å². The van der Waals surface area contributed by atoms with Crippen molar-refractivity contribution in [3.63, 3.8) is 0 Å². The van der Waals surface area contributed by atoms with Crippen LogP contribution in [0.5, 0.6) is 0 Å². The van der Waals surface area contributed by atoms with E-state index in [9.17, 15) is 0 Å². The molecule has 0 spiro atoms. The first-order valence-electron chi connectivity index (χ1n) is 7.03. The highest BCUT2D eigenvalue weighted by molar-refractivity contribution is 5.85. The number of hydrogen-bond donors (Lipinski definition) is 0. The molecule has 0 amide bonds. The molecule has 0 radical (unpaired) electrons. The minimum atomic E-state index is 0.312. The van der Waals surface area contributed by atoms with E-state index in [1.165, 1.54) is 22.0 Å². The van der Waals surface area contributed by atoms with Gasteiger partial charge in [0, 0.05) is 30.1 Å². The van der Waals surface area contributed by atoms with Crippen molar-refractivity contribution in [2.45, 2.75) is 12.8 Å². The molecule has 2 aromatic carbocycles. The molecule has 1 nitrogen and oxygen atoms in total. The highest BCUT2D eigenvalue weighted by Crippen LogP contribution is 2.32. The number of allylic oxidation sites excluding steroid dienone is 2. The number of aromatic nitrogens is 1. The fourth-order valence-corrected chi connectivity index (χ4v) is 2.87. The molecule has 0 aliphatic carbocycles. The Labute approximate surface area is 120 Å². The average molecular weight is 261 g/mol. The second kappa shape index (κ2) is 5.38. The Morgan fingerprint density at radius 3 is 2.40 bits per heavy atom. The molecule has 20 heavy (non-hydrogen) atoms. The highest BCUT2D eigenvalue weighted by Gasteiger charge is 2.15. The van der Waals surface area contributed by atoms with Crippen LogP contribution in [0.4, 0.5) is 0 Å². The van der Waals surface area contributed by atoms with Gasteiger partial charge in [-0.05, 0) is 24.1 Å². The summed E-state index contributed by atoms with van der Waals surface area (Å²) in [7, 11) is 2.11. The Balaban J connectivity index is 2.20. The Hall–Kier alpha value is -2.28. The van der Waals surface area contributed by atoms with Crippen LogP contribution in [0.1, 0.15) is 24.0 Å². The predicted molar refractivity (Wildman–Crippen MR) is 86.0 cm³/mol. The van der Waals surface area contributed by atoms with E-state index in [0.29, 0.717) is 5.92 Å². The van der Waals surface area contributed by atoms with E-state index in [0.717, 1.165) is 0 Å². The van der Waals surface area contributed by atoms with E-state index in [-0.39, 0.29) is 0 Å². The van der Waals surface area contributed by atoms with Crippen molar-refractivity contribution in [3.05, 3.63) is 84.1 Å². The van der Waals surface area contributed by atoms with Crippen molar-refractivity contribution in [1.29, 1.82) is 0 Å². The zero-order valence-corrected chi connectivity index (χ0v) is 12.0. The van der Waals surface area contributed by atoms with Gasteiger partial charge in [-0.15, -0.1) is 0 Å².